The van der Waals surface area contributed by atoms with Crippen molar-refractivity contribution in [1.82, 2.24) is 10.3 Å². The summed E-state index contributed by atoms with van der Waals surface area (Å²) < 4.78 is 0. The number of benzene rings is 1. The molecule has 1 aliphatic carbocycles. The summed E-state index contributed by atoms with van der Waals surface area (Å²) in [5, 5.41) is 4.01. The maximum absolute atomic E-state index is 12.6. The molecule has 3 rings (SSSR count). The standard InChI is InChI=1S/C16H17ClN2O/c1-11-9-13(12-5-2-3-6-14(12)18-11)15(20)19-16(10-17)7-4-8-16/h2-3,5-6,9H,4,7-8,10H2,1H3,(H,19,20). The number of rotatable bonds is 3. The summed E-state index contributed by atoms with van der Waals surface area (Å²) in [7, 11) is 0. The number of hydrogen-bond donors (Lipinski definition) is 1. The van der Waals surface area contributed by atoms with Crippen LogP contribution < -0.4 is 5.32 Å². The predicted octanol–water partition coefficient (Wildman–Crippen LogP) is 3.43. The lowest BCUT2D eigenvalue weighted by molar-refractivity contribution is 0.0855. The number of alkyl halides is 1. The van der Waals surface area contributed by atoms with Crippen LogP contribution in [0.2, 0.25) is 0 Å². The number of fused-ring (bicyclic) bond motifs is 1. The molecule has 1 heterocycles. The van der Waals surface area contributed by atoms with Crippen LogP contribution in [-0.4, -0.2) is 22.3 Å². The summed E-state index contributed by atoms with van der Waals surface area (Å²) in [6.07, 6.45) is 3.05. The SMILES string of the molecule is Cc1cc(C(=O)NC2(CCl)CCC2)c2ccccc2n1. The van der Waals surface area contributed by atoms with Gasteiger partial charge in [0.25, 0.3) is 5.91 Å². The number of halogens is 1. The van der Waals surface area contributed by atoms with Crippen molar-refractivity contribution in [3.8, 4) is 0 Å². The second kappa shape index (κ2) is 5.06. The third kappa shape index (κ3) is 2.27. The van der Waals surface area contributed by atoms with E-state index in [9.17, 15) is 4.79 Å². The summed E-state index contributed by atoms with van der Waals surface area (Å²) in [6.45, 7) is 1.91. The largest absolute Gasteiger partial charge is 0.345 e. The van der Waals surface area contributed by atoms with Gasteiger partial charge in [0.2, 0.25) is 0 Å². The topological polar surface area (TPSA) is 42.0 Å². The van der Waals surface area contributed by atoms with Crippen molar-refractivity contribution < 1.29 is 4.79 Å². The monoisotopic (exact) mass is 288 g/mol. The van der Waals surface area contributed by atoms with Crippen LogP contribution in [0.3, 0.4) is 0 Å². The van der Waals surface area contributed by atoms with Crippen molar-refractivity contribution in [2.24, 2.45) is 0 Å². The van der Waals surface area contributed by atoms with E-state index >= 15 is 0 Å². The Balaban J connectivity index is 1.99. The number of aromatic nitrogens is 1. The zero-order valence-corrected chi connectivity index (χ0v) is 12.2. The van der Waals surface area contributed by atoms with Crippen molar-refractivity contribution in [2.75, 3.05) is 5.88 Å². The fraction of sp³-hybridized carbons (Fsp3) is 0.375. The second-order valence-corrected chi connectivity index (χ2v) is 5.82. The molecule has 0 radical (unpaired) electrons. The number of carbonyl (C=O) groups excluding carboxylic acids is 1. The first kappa shape index (κ1) is 13.4. The van der Waals surface area contributed by atoms with Crippen LogP contribution >= 0.6 is 11.6 Å². The number of amides is 1. The first-order valence-corrected chi connectivity index (χ1v) is 7.42. The lowest BCUT2D eigenvalue weighted by Crippen LogP contribution is -2.55. The molecule has 1 amide bonds. The molecule has 0 aliphatic heterocycles. The minimum absolute atomic E-state index is 0.0490. The van der Waals surface area contributed by atoms with Gasteiger partial charge >= 0.3 is 0 Å². The summed E-state index contributed by atoms with van der Waals surface area (Å²) >= 11 is 6.01. The first-order valence-electron chi connectivity index (χ1n) is 6.88. The fourth-order valence-electron chi connectivity index (χ4n) is 2.70. The Labute approximate surface area is 123 Å². The van der Waals surface area contributed by atoms with Crippen LogP contribution in [0.4, 0.5) is 0 Å². The summed E-state index contributed by atoms with van der Waals surface area (Å²) in [5.41, 5.74) is 2.18. The van der Waals surface area contributed by atoms with E-state index in [0.29, 0.717) is 11.4 Å². The highest BCUT2D eigenvalue weighted by atomic mass is 35.5. The van der Waals surface area contributed by atoms with Gasteiger partial charge in [-0.15, -0.1) is 11.6 Å². The van der Waals surface area contributed by atoms with E-state index in [1.807, 2.05) is 37.3 Å². The second-order valence-electron chi connectivity index (χ2n) is 5.55. The van der Waals surface area contributed by atoms with Gasteiger partial charge in [-0.05, 0) is 38.3 Å². The Morgan fingerprint density at radius 2 is 2.15 bits per heavy atom. The molecule has 0 bridgehead atoms. The van der Waals surface area contributed by atoms with E-state index in [1.165, 1.54) is 0 Å². The molecule has 4 heteroatoms. The fourth-order valence-corrected chi connectivity index (χ4v) is 3.03. The van der Waals surface area contributed by atoms with Gasteiger partial charge in [0, 0.05) is 17.0 Å². The van der Waals surface area contributed by atoms with Gasteiger partial charge in [-0.2, -0.15) is 0 Å². The number of para-hydroxylation sites is 1. The van der Waals surface area contributed by atoms with E-state index in [0.717, 1.165) is 35.9 Å². The molecular formula is C16H17ClN2O. The number of hydrogen-bond acceptors (Lipinski definition) is 2. The molecule has 2 aromatic rings. The molecule has 0 saturated heterocycles. The average Bonchev–Trinajstić information content (AvgIpc) is 2.41. The van der Waals surface area contributed by atoms with Crippen molar-refractivity contribution in [3.63, 3.8) is 0 Å². The quantitative estimate of drug-likeness (QED) is 0.879. The molecule has 104 valence electrons. The van der Waals surface area contributed by atoms with Crippen molar-refractivity contribution >= 4 is 28.4 Å². The van der Waals surface area contributed by atoms with Crippen LogP contribution in [0.15, 0.2) is 30.3 Å². The lowest BCUT2D eigenvalue weighted by atomic mass is 9.78. The maximum atomic E-state index is 12.6. The Morgan fingerprint density at radius 1 is 1.40 bits per heavy atom. The molecule has 1 aromatic heterocycles. The molecular weight excluding hydrogens is 272 g/mol. The summed E-state index contributed by atoms with van der Waals surface area (Å²) in [4.78, 5) is 17.0. The lowest BCUT2D eigenvalue weighted by Gasteiger charge is -2.41. The first-order chi connectivity index (χ1) is 9.63. The van der Waals surface area contributed by atoms with Gasteiger partial charge in [0.1, 0.15) is 0 Å². The minimum atomic E-state index is -0.211. The van der Waals surface area contributed by atoms with Crippen LogP contribution in [0.5, 0.6) is 0 Å². The molecule has 1 N–H and O–H groups in total. The van der Waals surface area contributed by atoms with Gasteiger partial charge in [-0.25, -0.2) is 0 Å². The third-order valence-electron chi connectivity index (χ3n) is 4.03. The van der Waals surface area contributed by atoms with Crippen molar-refractivity contribution in [2.45, 2.75) is 31.7 Å². The van der Waals surface area contributed by atoms with E-state index in [4.69, 9.17) is 11.6 Å². The van der Waals surface area contributed by atoms with Gasteiger partial charge in [-0.1, -0.05) is 18.2 Å². The molecule has 0 unspecified atom stereocenters. The maximum Gasteiger partial charge on any atom is 0.252 e. The molecule has 1 fully saturated rings. The molecule has 20 heavy (non-hydrogen) atoms. The van der Waals surface area contributed by atoms with E-state index in [2.05, 4.69) is 10.3 Å². The van der Waals surface area contributed by atoms with Crippen LogP contribution in [0.1, 0.15) is 35.3 Å². The Hall–Kier alpha value is -1.61. The van der Waals surface area contributed by atoms with Crippen LogP contribution in [-0.2, 0) is 0 Å². The van der Waals surface area contributed by atoms with Gasteiger partial charge in [0.15, 0.2) is 0 Å². The number of nitrogens with zero attached hydrogens (tertiary/aromatic N) is 1. The van der Waals surface area contributed by atoms with Gasteiger partial charge in [-0.3, -0.25) is 9.78 Å². The third-order valence-corrected chi connectivity index (χ3v) is 4.55. The normalized spacial score (nSPS) is 16.7. The number of nitrogens with one attached hydrogen (secondary N) is 1. The Morgan fingerprint density at radius 3 is 2.80 bits per heavy atom. The highest BCUT2D eigenvalue weighted by Crippen LogP contribution is 2.33. The molecule has 0 atom stereocenters. The van der Waals surface area contributed by atoms with E-state index in [-0.39, 0.29) is 11.4 Å². The molecule has 1 saturated carbocycles. The zero-order valence-electron chi connectivity index (χ0n) is 11.4. The van der Waals surface area contributed by atoms with Gasteiger partial charge < -0.3 is 5.32 Å². The molecule has 1 aromatic carbocycles. The van der Waals surface area contributed by atoms with Crippen LogP contribution in [0.25, 0.3) is 10.9 Å². The molecule has 1 aliphatic rings. The minimum Gasteiger partial charge on any atom is -0.345 e. The highest BCUT2D eigenvalue weighted by molar-refractivity contribution is 6.19. The Kier molecular flexibility index (Phi) is 3.38. The average molecular weight is 289 g/mol. The van der Waals surface area contributed by atoms with Crippen molar-refractivity contribution in [1.29, 1.82) is 0 Å². The van der Waals surface area contributed by atoms with Crippen LogP contribution in [0, 0.1) is 6.92 Å². The predicted molar refractivity (Wildman–Crippen MR) is 81.2 cm³/mol. The van der Waals surface area contributed by atoms with E-state index < -0.39 is 0 Å². The molecule has 0 spiro atoms. The zero-order chi connectivity index (χ0) is 14.2. The number of pyridine rings is 1. The molecule has 3 nitrogen and oxygen atoms in total. The number of carbonyl (C=O) groups is 1. The summed E-state index contributed by atoms with van der Waals surface area (Å²) in [6, 6.07) is 9.57. The van der Waals surface area contributed by atoms with Crippen molar-refractivity contribution in [3.05, 3.63) is 41.6 Å². The highest BCUT2D eigenvalue weighted by Gasteiger charge is 2.37. The Bertz CT molecular complexity index is 659. The van der Waals surface area contributed by atoms with Gasteiger partial charge in [0.05, 0.1) is 16.6 Å². The summed E-state index contributed by atoms with van der Waals surface area (Å²) in [5.74, 6) is 0.424. The number of aryl methyl sites for hydroxylation is 1. The van der Waals surface area contributed by atoms with E-state index in [1.54, 1.807) is 0 Å². The smallest absolute Gasteiger partial charge is 0.252 e.